The van der Waals surface area contributed by atoms with Gasteiger partial charge in [0.15, 0.2) is 0 Å². The van der Waals surface area contributed by atoms with Gasteiger partial charge in [0, 0.05) is 17.8 Å². The summed E-state index contributed by atoms with van der Waals surface area (Å²) >= 11 is 1.38. The molecule has 0 amide bonds. The fraction of sp³-hybridized carbons (Fsp3) is 0.320. The molecule has 1 fully saturated rings. The maximum Gasteiger partial charge on any atom is 0.333 e. The van der Waals surface area contributed by atoms with Crippen LogP contribution in [0.4, 0.5) is 5.82 Å². The monoisotopic (exact) mass is 510 g/mol. The molecule has 8 nitrogen and oxygen atoms in total. The molecule has 4 rings (SSSR count). The van der Waals surface area contributed by atoms with E-state index < -0.39 is 10.3 Å². The zero-order valence-electron chi connectivity index (χ0n) is 19.2. The maximum atomic E-state index is 13.3. The smallest absolute Gasteiger partial charge is 0.333 e. The number of anilines is 1. The summed E-state index contributed by atoms with van der Waals surface area (Å²) in [5.74, 6) is 3.21. The van der Waals surface area contributed by atoms with Crippen LogP contribution in [0.3, 0.4) is 0 Å². The number of aromatic nitrogens is 2. The first-order valence-corrected chi connectivity index (χ1v) is 13.5. The fourth-order valence-electron chi connectivity index (χ4n) is 4.40. The molecule has 0 unspecified atom stereocenters. The van der Waals surface area contributed by atoms with Crippen molar-refractivity contribution in [2.24, 2.45) is 17.0 Å². The van der Waals surface area contributed by atoms with Crippen LogP contribution in [0.2, 0.25) is 0 Å². The molecule has 10 heteroatoms. The van der Waals surface area contributed by atoms with E-state index in [2.05, 4.69) is 21.2 Å². The van der Waals surface area contributed by atoms with Crippen LogP contribution in [-0.4, -0.2) is 36.8 Å². The lowest BCUT2D eigenvalue weighted by Gasteiger charge is -2.15. The van der Waals surface area contributed by atoms with Crippen molar-refractivity contribution in [3.8, 4) is 12.3 Å². The molecule has 0 bridgehead atoms. The summed E-state index contributed by atoms with van der Waals surface area (Å²) in [4.78, 5) is 22.3. The molecule has 0 aliphatic heterocycles. The average molecular weight is 511 g/mol. The van der Waals surface area contributed by atoms with Crippen molar-refractivity contribution in [2.45, 2.75) is 32.2 Å². The molecule has 2 aromatic heterocycles. The lowest BCUT2D eigenvalue weighted by Crippen LogP contribution is -2.22. The Morgan fingerprint density at radius 2 is 2.14 bits per heavy atom. The van der Waals surface area contributed by atoms with Gasteiger partial charge in [-0.15, -0.1) is 17.8 Å². The van der Waals surface area contributed by atoms with Gasteiger partial charge in [0.25, 0.3) is 0 Å². The van der Waals surface area contributed by atoms with Gasteiger partial charge in [-0.3, -0.25) is 8.98 Å². The first kappa shape index (κ1) is 25.0. The summed E-state index contributed by atoms with van der Waals surface area (Å²) in [5.41, 5.74) is 3.33. The fourth-order valence-corrected chi connectivity index (χ4v) is 5.63. The summed E-state index contributed by atoms with van der Waals surface area (Å²) in [6, 6.07) is 9.70. The largest absolute Gasteiger partial charge is 0.367 e. The summed E-state index contributed by atoms with van der Waals surface area (Å²) in [7, 11) is -3.97. The van der Waals surface area contributed by atoms with Gasteiger partial charge in [-0.2, -0.15) is 8.42 Å². The number of benzene rings is 1. The van der Waals surface area contributed by atoms with E-state index in [1.807, 2.05) is 42.6 Å². The van der Waals surface area contributed by atoms with E-state index in [-0.39, 0.29) is 30.3 Å². The van der Waals surface area contributed by atoms with E-state index >= 15 is 0 Å². The van der Waals surface area contributed by atoms with Crippen molar-refractivity contribution in [3.63, 3.8) is 0 Å². The van der Waals surface area contributed by atoms with Crippen LogP contribution in [0.25, 0.3) is 0 Å². The van der Waals surface area contributed by atoms with Crippen molar-refractivity contribution < 1.29 is 17.4 Å². The molecule has 35 heavy (non-hydrogen) atoms. The van der Waals surface area contributed by atoms with Crippen molar-refractivity contribution in [1.29, 1.82) is 0 Å². The zero-order chi connectivity index (χ0) is 25.0. The summed E-state index contributed by atoms with van der Waals surface area (Å²) in [6.45, 7) is 2.08. The third-order valence-electron chi connectivity index (χ3n) is 6.17. The van der Waals surface area contributed by atoms with Crippen molar-refractivity contribution in [1.82, 2.24) is 9.97 Å². The molecule has 3 aromatic rings. The second kappa shape index (κ2) is 10.7. The summed E-state index contributed by atoms with van der Waals surface area (Å²) in [6.07, 6.45) is 10.6. The Bertz CT molecular complexity index is 1360. The Labute approximate surface area is 209 Å². The van der Waals surface area contributed by atoms with Crippen LogP contribution in [0.5, 0.6) is 0 Å². The SMILES string of the molecule is C#Cc1cccc(Cc2csc(C(=O)c3cncnc3N[C@@H]3C[C@H](COS(N)(=O)=O)[C@@H](C)C3)c2)c1. The quantitative estimate of drug-likeness (QED) is 0.334. The summed E-state index contributed by atoms with van der Waals surface area (Å²) in [5, 5.41) is 10.3. The predicted octanol–water partition coefficient (Wildman–Crippen LogP) is 3.39. The highest BCUT2D eigenvalue weighted by atomic mass is 32.2. The van der Waals surface area contributed by atoms with Gasteiger partial charge in [-0.05, 0) is 65.8 Å². The Balaban J connectivity index is 1.45. The van der Waals surface area contributed by atoms with Gasteiger partial charge in [0.2, 0.25) is 5.78 Å². The van der Waals surface area contributed by atoms with Crippen LogP contribution in [0, 0.1) is 24.2 Å². The summed E-state index contributed by atoms with van der Waals surface area (Å²) < 4.78 is 27.1. The molecule has 0 radical (unpaired) electrons. The van der Waals surface area contributed by atoms with Crippen LogP contribution in [0.15, 0.2) is 48.2 Å². The van der Waals surface area contributed by atoms with Crippen LogP contribution in [-0.2, 0) is 20.9 Å². The van der Waals surface area contributed by atoms with Gasteiger partial charge in [-0.25, -0.2) is 15.1 Å². The Kier molecular flexibility index (Phi) is 7.62. The molecule has 3 N–H and O–H groups in total. The number of hydrogen-bond acceptors (Lipinski definition) is 8. The van der Waals surface area contributed by atoms with Gasteiger partial charge < -0.3 is 5.32 Å². The van der Waals surface area contributed by atoms with Gasteiger partial charge in [-0.1, -0.05) is 25.0 Å². The minimum absolute atomic E-state index is 0.0165. The van der Waals surface area contributed by atoms with Crippen molar-refractivity contribution in [2.75, 3.05) is 11.9 Å². The van der Waals surface area contributed by atoms with Gasteiger partial charge >= 0.3 is 10.3 Å². The molecule has 3 atom stereocenters. The van der Waals surface area contributed by atoms with Gasteiger partial charge in [0.1, 0.15) is 12.1 Å². The predicted molar refractivity (Wildman–Crippen MR) is 135 cm³/mol. The van der Waals surface area contributed by atoms with Crippen LogP contribution < -0.4 is 10.5 Å². The van der Waals surface area contributed by atoms with Crippen molar-refractivity contribution in [3.05, 3.63) is 75.4 Å². The number of hydrogen-bond donors (Lipinski definition) is 2. The number of terminal acetylenes is 1. The number of nitrogens with one attached hydrogen (secondary N) is 1. The van der Waals surface area contributed by atoms with E-state index in [4.69, 9.17) is 15.7 Å². The molecular formula is C25H26N4O4S2. The first-order chi connectivity index (χ1) is 16.7. The molecule has 1 aliphatic rings. The Morgan fingerprint density at radius 1 is 1.31 bits per heavy atom. The lowest BCUT2D eigenvalue weighted by molar-refractivity contribution is 0.104. The second-order valence-electron chi connectivity index (χ2n) is 8.78. The molecule has 182 valence electrons. The van der Waals surface area contributed by atoms with E-state index in [1.165, 1.54) is 23.9 Å². The standard InChI is InChI=1S/C25H26N4O4S2/c1-3-17-5-4-6-18(8-17)9-19-10-23(34-14-19)24(30)22-12-27-15-28-25(22)29-21-7-16(2)20(11-21)13-33-35(26,31)32/h1,4-6,8,10,12,14-16,20-21H,7,9,11,13H2,2H3,(H2,26,31,32)(H,27,28,29)/t16-,20+,21-/m0/s1. The zero-order valence-corrected chi connectivity index (χ0v) is 20.8. The third kappa shape index (κ3) is 6.52. The Hall–Kier alpha value is -3.10. The van der Waals surface area contributed by atoms with E-state index in [0.717, 1.165) is 23.1 Å². The highest BCUT2D eigenvalue weighted by Crippen LogP contribution is 2.34. The van der Waals surface area contributed by atoms with Crippen molar-refractivity contribution >= 4 is 33.2 Å². The number of nitrogens with zero attached hydrogens (tertiary/aromatic N) is 2. The number of carbonyl (C=O) groups is 1. The molecule has 0 saturated heterocycles. The van der Waals surface area contributed by atoms with Gasteiger partial charge in [0.05, 0.1) is 17.0 Å². The highest BCUT2D eigenvalue weighted by Gasteiger charge is 2.33. The third-order valence-corrected chi connectivity index (χ3v) is 7.61. The number of ketones is 1. The normalized spacial score (nSPS) is 19.9. The number of thiophene rings is 1. The lowest BCUT2D eigenvalue weighted by atomic mass is 10.00. The first-order valence-electron chi connectivity index (χ1n) is 11.1. The Morgan fingerprint density at radius 3 is 2.91 bits per heavy atom. The topological polar surface area (TPSA) is 124 Å². The molecule has 0 spiro atoms. The van der Waals surface area contributed by atoms with Crippen LogP contribution >= 0.6 is 11.3 Å². The molecule has 1 aliphatic carbocycles. The molecule has 2 heterocycles. The second-order valence-corrected chi connectivity index (χ2v) is 10.9. The highest BCUT2D eigenvalue weighted by molar-refractivity contribution is 7.84. The molecular weight excluding hydrogens is 484 g/mol. The number of rotatable bonds is 9. The number of carbonyl (C=O) groups excluding carboxylic acids is 1. The minimum atomic E-state index is -3.97. The molecule has 1 aromatic carbocycles. The van der Waals surface area contributed by atoms with E-state index in [0.29, 0.717) is 29.1 Å². The van der Waals surface area contributed by atoms with Crippen LogP contribution in [0.1, 0.15) is 51.7 Å². The minimum Gasteiger partial charge on any atom is -0.367 e. The maximum absolute atomic E-state index is 13.3. The number of nitrogens with two attached hydrogens (primary N) is 1. The van der Waals surface area contributed by atoms with E-state index in [1.54, 1.807) is 0 Å². The average Bonchev–Trinajstić information content (AvgIpc) is 3.43. The van der Waals surface area contributed by atoms with E-state index in [9.17, 15) is 13.2 Å². The molecule has 1 saturated carbocycles.